The Kier molecular flexibility index (Phi) is 3.68. The number of carbonyl (C=O) groups is 2. The highest BCUT2D eigenvalue weighted by molar-refractivity contribution is 5.88. The maximum Gasteiger partial charge on any atom is 0.326 e. The summed E-state index contributed by atoms with van der Waals surface area (Å²) in [6, 6.07) is -0.790. The van der Waals surface area contributed by atoms with Gasteiger partial charge < -0.3 is 16.2 Å². The Labute approximate surface area is 89.0 Å². The maximum absolute atomic E-state index is 11.8. The molecular formula is C10H18N2O3. The molecule has 0 radical (unpaired) electrons. The van der Waals surface area contributed by atoms with Crippen molar-refractivity contribution in [1.82, 2.24) is 5.32 Å². The van der Waals surface area contributed by atoms with E-state index in [-0.39, 0.29) is 5.91 Å². The molecule has 0 aliphatic heterocycles. The molecule has 86 valence electrons. The summed E-state index contributed by atoms with van der Waals surface area (Å²) < 4.78 is 0. The Morgan fingerprint density at radius 3 is 2.40 bits per heavy atom. The van der Waals surface area contributed by atoms with Crippen LogP contribution < -0.4 is 11.1 Å². The molecular weight excluding hydrogens is 196 g/mol. The Hall–Kier alpha value is -1.10. The molecule has 1 amide bonds. The van der Waals surface area contributed by atoms with E-state index >= 15 is 0 Å². The number of nitrogens with one attached hydrogen (secondary N) is 1. The fourth-order valence-electron chi connectivity index (χ4n) is 1.78. The number of amides is 1. The highest BCUT2D eigenvalue weighted by atomic mass is 16.4. The van der Waals surface area contributed by atoms with Crippen molar-refractivity contribution in [3.05, 3.63) is 0 Å². The average Bonchev–Trinajstić information content (AvgIpc) is 2.12. The van der Waals surface area contributed by atoms with E-state index in [2.05, 4.69) is 5.32 Å². The van der Waals surface area contributed by atoms with Gasteiger partial charge in [0.25, 0.3) is 0 Å². The van der Waals surface area contributed by atoms with E-state index in [1.54, 1.807) is 6.92 Å². The first-order chi connectivity index (χ1) is 7.05. The molecule has 0 unspecified atom stereocenters. The van der Waals surface area contributed by atoms with Gasteiger partial charge in [0.05, 0.1) is 5.41 Å². The van der Waals surface area contributed by atoms with E-state index in [4.69, 9.17) is 10.8 Å². The van der Waals surface area contributed by atoms with E-state index < -0.39 is 17.4 Å². The summed E-state index contributed by atoms with van der Waals surface area (Å²) >= 11 is 0. The molecule has 0 aromatic heterocycles. The standard InChI is InChI=1S/C10H18N2O3/c1-2-7(8(13)14)12-9(15)10(6-11)4-3-5-10/h7H,2-6,11H2,1H3,(H,12,15)(H,13,14)/t7-/m0/s1. The lowest BCUT2D eigenvalue weighted by Crippen LogP contribution is -2.54. The van der Waals surface area contributed by atoms with E-state index in [9.17, 15) is 9.59 Å². The number of aliphatic carboxylic acids is 1. The van der Waals surface area contributed by atoms with Crippen LogP contribution >= 0.6 is 0 Å². The smallest absolute Gasteiger partial charge is 0.326 e. The van der Waals surface area contributed by atoms with Crippen molar-refractivity contribution >= 4 is 11.9 Å². The van der Waals surface area contributed by atoms with Crippen LogP contribution in [-0.2, 0) is 9.59 Å². The monoisotopic (exact) mass is 214 g/mol. The van der Waals surface area contributed by atoms with Gasteiger partial charge in [-0.15, -0.1) is 0 Å². The number of carboxylic acids is 1. The number of rotatable bonds is 5. The Balaban J connectivity index is 2.57. The normalized spacial score (nSPS) is 20.1. The van der Waals surface area contributed by atoms with Crippen LogP contribution in [0.3, 0.4) is 0 Å². The minimum absolute atomic E-state index is 0.203. The molecule has 1 atom stereocenters. The third-order valence-corrected chi connectivity index (χ3v) is 3.19. The van der Waals surface area contributed by atoms with Crippen LogP contribution in [0.4, 0.5) is 0 Å². The number of carboxylic acid groups (broad SMARTS) is 1. The molecule has 0 aromatic carbocycles. The lowest BCUT2D eigenvalue weighted by molar-refractivity contribution is -0.145. The zero-order valence-electron chi connectivity index (χ0n) is 8.95. The van der Waals surface area contributed by atoms with Gasteiger partial charge in [0.15, 0.2) is 0 Å². The van der Waals surface area contributed by atoms with Gasteiger partial charge in [-0.1, -0.05) is 13.3 Å². The highest BCUT2D eigenvalue weighted by Crippen LogP contribution is 2.40. The summed E-state index contributed by atoms with van der Waals surface area (Å²) in [5, 5.41) is 11.3. The molecule has 0 saturated heterocycles. The molecule has 4 N–H and O–H groups in total. The van der Waals surface area contributed by atoms with Crippen molar-refractivity contribution in [2.24, 2.45) is 11.1 Å². The van der Waals surface area contributed by atoms with Gasteiger partial charge in [0.1, 0.15) is 6.04 Å². The number of hydrogen-bond acceptors (Lipinski definition) is 3. The quantitative estimate of drug-likeness (QED) is 0.605. The van der Waals surface area contributed by atoms with Gasteiger partial charge in [0, 0.05) is 6.54 Å². The topological polar surface area (TPSA) is 92.4 Å². The predicted octanol–water partition coefficient (Wildman–Crippen LogP) is 0.0948. The van der Waals surface area contributed by atoms with E-state index in [0.717, 1.165) is 19.3 Å². The Morgan fingerprint density at radius 1 is 1.53 bits per heavy atom. The third-order valence-electron chi connectivity index (χ3n) is 3.19. The fourth-order valence-corrected chi connectivity index (χ4v) is 1.78. The summed E-state index contributed by atoms with van der Waals surface area (Å²) in [4.78, 5) is 22.5. The second-order valence-corrected chi connectivity index (χ2v) is 4.11. The first-order valence-electron chi connectivity index (χ1n) is 5.29. The second-order valence-electron chi connectivity index (χ2n) is 4.11. The van der Waals surface area contributed by atoms with Gasteiger partial charge in [-0.05, 0) is 19.3 Å². The summed E-state index contributed by atoms with van der Waals surface area (Å²) in [6.07, 6.45) is 2.92. The van der Waals surface area contributed by atoms with Crippen LogP contribution in [0.5, 0.6) is 0 Å². The van der Waals surface area contributed by atoms with E-state index in [1.807, 2.05) is 0 Å². The van der Waals surface area contributed by atoms with Gasteiger partial charge in [-0.2, -0.15) is 0 Å². The van der Waals surface area contributed by atoms with Crippen LogP contribution in [0.15, 0.2) is 0 Å². The lowest BCUT2D eigenvalue weighted by atomic mass is 9.68. The third kappa shape index (κ3) is 2.28. The summed E-state index contributed by atoms with van der Waals surface area (Å²) in [7, 11) is 0. The van der Waals surface area contributed by atoms with Crippen molar-refractivity contribution in [3.8, 4) is 0 Å². The van der Waals surface area contributed by atoms with Gasteiger partial charge in [-0.25, -0.2) is 4.79 Å². The zero-order chi connectivity index (χ0) is 11.5. The van der Waals surface area contributed by atoms with Crippen molar-refractivity contribution in [1.29, 1.82) is 0 Å². The van der Waals surface area contributed by atoms with Crippen molar-refractivity contribution in [2.75, 3.05) is 6.54 Å². The van der Waals surface area contributed by atoms with Crippen molar-refractivity contribution in [2.45, 2.75) is 38.6 Å². The average molecular weight is 214 g/mol. The van der Waals surface area contributed by atoms with Gasteiger partial charge >= 0.3 is 5.97 Å². The van der Waals surface area contributed by atoms with Gasteiger partial charge in [-0.3, -0.25) is 4.79 Å². The molecule has 0 aromatic rings. The minimum atomic E-state index is -0.989. The lowest BCUT2D eigenvalue weighted by Gasteiger charge is -2.39. The molecule has 0 heterocycles. The van der Waals surface area contributed by atoms with Crippen LogP contribution in [0.1, 0.15) is 32.6 Å². The number of hydrogen-bond donors (Lipinski definition) is 3. The molecule has 1 aliphatic rings. The number of carbonyl (C=O) groups excluding carboxylic acids is 1. The summed E-state index contributed by atoms with van der Waals surface area (Å²) in [5.74, 6) is -1.19. The predicted molar refractivity (Wildman–Crippen MR) is 55.2 cm³/mol. The van der Waals surface area contributed by atoms with Crippen LogP contribution in [-0.4, -0.2) is 29.6 Å². The SMILES string of the molecule is CC[C@H](NC(=O)C1(CN)CCC1)C(=O)O. The van der Waals surface area contributed by atoms with Crippen LogP contribution in [0.2, 0.25) is 0 Å². The first kappa shape index (κ1) is 12.0. The van der Waals surface area contributed by atoms with Crippen molar-refractivity contribution < 1.29 is 14.7 Å². The van der Waals surface area contributed by atoms with E-state index in [0.29, 0.717) is 13.0 Å². The minimum Gasteiger partial charge on any atom is -0.480 e. The summed E-state index contributed by atoms with van der Waals surface area (Å²) in [6.45, 7) is 2.03. The van der Waals surface area contributed by atoms with Crippen LogP contribution in [0, 0.1) is 5.41 Å². The van der Waals surface area contributed by atoms with Crippen LogP contribution in [0.25, 0.3) is 0 Å². The molecule has 15 heavy (non-hydrogen) atoms. The fraction of sp³-hybridized carbons (Fsp3) is 0.800. The molecule has 1 fully saturated rings. The Bertz CT molecular complexity index is 256. The molecule has 5 heteroatoms. The number of nitrogens with two attached hydrogens (primary N) is 1. The molecule has 5 nitrogen and oxygen atoms in total. The van der Waals surface area contributed by atoms with Crippen molar-refractivity contribution in [3.63, 3.8) is 0 Å². The van der Waals surface area contributed by atoms with E-state index in [1.165, 1.54) is 0 Å². The molecule has 1 rings (SSSR count). The molecule has 0 spiro atoms. The molecule has 0 bridgehead atoms. The summed E-state index contributed by atoms with van der Waals surface area (Å²) in [5.41, 5.74) is 5.06. The highest BCUT2D eigenvalue weighted by Gasteiger charge is 2.43. The van der Waals surface area contributed by atoms with Gasteiger partial charge in [0.2, 0.25) is 5.91 Å². The first-order valence-corrected chi connectivity index (χ1v) is 5.29. The second kappa shape index (κ2) is 4.61. The molecule has 1 saturated carbocycles. The Morgan fingerprint density at radius 2 is 2.13 bits per heavy atom. The molecule has 1 aliphatic carbocycles. The largest absolute Gasteiger partial charge is 0.480 e. The zero-order valence-corrected chi connectivity index (χ0v) is 8.95. The maximum atomic E-state index is 11.8.